The summed E-state index contributed by atoms with van der Waals surface area (Å²) in [6.45, 7) is 0. The monoisotopic (exact) mass is 237 g/mol. The van der Waals surface area contributed by atoms with Gasteiger partial charge in [-0.15, -0.1) is 0 Å². The third-order valence-electron chi connectivity index (χ3n) is 2.14. The lowest BCUT2D eigenvalue weighted by atomic mass is 10.1. The van der Waals surface area contributed by atoms with Crippen molar-refractivity contribution in [2.75, 3.05) is 0 Å². The van der Waals surface area contributed by atoms with Crippen LogP contribution in [0, 0.1) is 17.5 Å². The molecule has 0 N–H and O–H groups in total. The van der Waals surface area contributed by atoms with E-state index in [4.69, 9.17) is 0 Å². The quantitative estimate of drug-likeness (QED) is 0.751. The Hall–Kier alpha value is -2.17. The van der Waals surface area contributed by atoms with Crippen LogP contribution in [0.15, 0.2) is 36.5 Å². The Balaban J connectivity index is 2.40. The number of ketones is 1. The van der Waals surface area contributed by atoms with Gasteiger partial charge >= 0.3 is 0 Å². The third kappa shape index (κ3) is 2.33. The number of rotatable bonds is 2. The van der Waals surface area contributed by atoms with Crippen molar-refractivity contribution in [2.24, 2.45) is 0 Å². The van der Waals surface area contributed by atoms with Crippen LogP contribution in [0.25, 0.3) is 0 Å². The summed E-state index contributed by atoms with van der Waals surface area (Å²) in [5.41, 5.74) is -0.401. The van der Waals surface area contributed by atoms with Gasteiger partial charge in [0.05, 0.1) is 11.8 Å². The number of hydrogen-bond donors (Lipinski definition) is 0. The highest BCUT2D eigenvalue weighted by molar-refractivity contribution is 6.07. The van der Waals surface area contributed by atoms with E-state index >= 15 is 0 Å². The lowest BCUT2D eigenvalue weighted by Gasteiger charge is -2.01. The third-order valence-corrected chi connectivity index (χ3v) is 2.14. The van der Waals surface area contributed by atoms with Gasteiger partial charge < -0.3 is 0 Å². The molecule has 0 aliphatic rings. The molecule has 0 aliphatic carbocycles. The highest BCUT2D eigenvalue weighted by Gasteiger charge is 2.15. The Bertz CT molecular complexity index is 566. The molecule has 86 valence electrons. The van der Waals surface area contributed by atoms with Crippen molar-refractivity contribution in [3.05, 3.63) is 65.2 Å². The second-order valence-corrected chi connectivity index (χ2v) is 3.31. The highest BCUT2D eigenvalue weighted by atomic mass is 19.1. The van der Waals surface area contributed by atoms with Gasteiger partial charge in [0.1, 0.15) is 23.1 Å². The fourth-order valence-electron chi connectivity index (χ4n) is 1.32. The zero-order chi connectivity index (χ0) is 12.4. The first-order valence-corrected chi connectivity index (χ1v) is 4.69. The standard InChI is InChI=1S/C12H6F3NO/c13-7-1-3-9(10(15)5-7)12(17)11-4-2-8(14)6-16-11/h1-6H. The summed E-state index contributed by atoms with van der Waals surface area (Å²) in [5, 5.41) is 0. The van der Waals surface area contributed by atoms with Gasteiger partial charge in [-0.05, 0) is 24.3 Å². The fourth-order valence-corrected chi connectivity index (χ4v) is 1.32. The van der Waals surface area contributed by atoms with E-state index in [0.717, 1.165) is 30.5 Å². The predicted octanol–water partition coefficient (Wildman–Crippen LogP) is 2.73. The van der Waals surface area contributed by atoms with Gasteiger partial charge in [0, 0.05) is 6.07 Å². The van der Waals surface area contributed by atoms with Crippen LogP contribution in [-0.2, 0) is 0 Å². The van der Waals surface area contributed by atoms with E-state index in [1.165, 1.54) is 0 Å². The number of aromatic nitrogens is 1. The molecule has 0 fully saturated rings. The smallest absolute Gasteiger partial charge is 0.214 e. The normalized spacial score (nSPS) is 10.3. The summed E-state index contributed by atoms with van der Waals surface area (Å²) in [4.78, 5) is 15.3. The largest absolute Gasteiger partial charge is 0.287 e. The van der Waals surface area contributed by atoms with Crippen LogP contribution in [0.5, 0.6) is 0 Å². The first kappa shape index (κ1) is 11.3. The Morgan fingerprint density at radius 3 is 2.29 bits per heavy atom. The van der Waals surface area contributed by atoms with Crippen molar-refractivity contribution in [1.82, 2.24) is 4.98 Å². The maximum atomic E-state index is 13.3. The Morgan fingerprint density at radius 1 is 1.00 bits per heavy atom. The molecule has 0 saturated heterocycles. The molecular weight excluding hydrogens is 231 g/mol. The number of hydrogen-bond acceptors (Lipinski definition) is 2. The van der Waals surface area contributed by atoms with E-state index in [9.17, 15) is 18.0 Å². The molecule has 0 aliphatic heterocycles. The van der Waals surface area contributed by atoms with Crippen LogP contribution < -0.4 is 0 Å². The molecule has 0 saturated carbocycles. The first-order chi connectivity index (χ1) is 8.08. The Kier molecular flexibility index (Phi) is 2.91. The van der Waals surface area contributed by atoms with Gasteiger partial charge in [0.25, 0.3) is 0 Å². The number of benzene rings is 1. The molecule has 0 atom stereocenters. The summed E-state index contributed by atoms with van der Waals surface area (Å²) in [6, 6.07) is 4.79. The second kappa shape index (κ2) is 4.37. The number of nitrogens with zero attached hydrogens (tertiary/aromatic N) is 1. The lowest BCUT2D eigenvalue weighted by Crippen LogP contribution is -2.06. The summed E-state index contributed by atoms with van der Waals surface area (Å²) < 4.78 is 38.5. The second-order valence-electron chi connectivity index (χ2n) is 3.31. The van der Waals surface area contributed by atoms with Crippen molar-refractivity contribution >= 4 is 5.78 Å². The van der Waals surface area contributed by atoms with Crippen LogP contribution in [0.3, 0.4) is 0 Å². The number of halogens is 3. The van der Waals surface area contributed by atoms with Gasteiger partial charge in [-0.2, -0.15) is 0 Å². The van der Waals surface area contributed by atoms with Crippen LogP contribution in [0.4, 0.5) is 13.2 Å². The van der Waals surface area contributed by atoms with Crippen molar-refractivity contribution in [3.63, 3.8) is 0 Å². The van der Waals surface area contributed by atoms with E-state index in [-0.39, 0.29) is 11.3 Å². The average Bonchev–Trinajstić information content (AvgIpc) is 2.29. The van der Waals surface area contributed by atoms with Crippen molar-refractivity contribution in [1.29, 1.82) is 0 Å². The van der Waals surface area contributed by atoms with Crippen molar-refractivity contribution < 1.29 is 18.0 Å². The highest BCUT2D eigenvalue weighted by Crippen LogP contribution is 2.13. The summed E-state index contributed by atoms with van der Waals surface area (Å²) in [7, 11) is 0. The molecule has 2 aromatic rings. The van der Waals surface area contributed by atoms with Crippen molar-refractivity contribution in [2.45, 2.75) is 0 Å². The molecule has 17 heavy (non-hydrogen) atoms. The SMILES string of the molecule is O=C(c1ccc(F)cn1)c1ccc(F)cc1F. The fraction of sp³-hybridized carbons (Fsp3) is 0. The molecule has 1 aromatic heterocycles. The molecule has 0 radical (unpaired) electrons. The van der Waals surface area contributed by atoms with Crippen LogP contribution in [0.2, 0.25) is 0 Å². The maximum Gasteiger partial charge on any atom is 0.214 e. The molecule has 1 heterocycles. The van der Waals surface area contributed by atoms with E-state index < -0.39 is 23.2 Å². The minimum absolute atomic E-state index is 0.100. The molecule has 2 rings (SSSR count). The van der Waals surface area contributed by atoms with Gasteiger partial charge in [0.15, 0.2) is 0 Å². The zero-order valence-electron chi connectivity index (χ0n) is 8.45. The number of carbonyl (C=O) groups is 1. The Morgan fingerprint density at radius 2 is 1.71 bits per heavy atom. The maximum absolute atomic E-state index is 13.3. The average molecular weight is 237 g/mol. The summed E-state index contributed by atoms with van der Waals surface area (Å²) in [6.07, 6.45) is 0.856. The van der Waals surface area contributed by atoms with Gasteiger partial charge in [-0.25, -0.2) is 18.2 Å². The summed E-state index contributed by atoms with van der Waals surface area (Å²) in [5.74, 6) is -3.06. The van der Waals surface area contributed by atoms with Crippen LogP contribution in [0.1, 0.15) is 16.1 Å². The van der Waals surface area contributed by atoms with Crippen LogP contribution in [-0.4, -0.2) is 10.8 Å². The van der Waals surface area contributed by atoms with Gasteiger partial charge in [-0.1, -0.05) is 0 Å². The Labute approximate surface area is 94.7 Å². The minimum Gasteiger partial charge on any atom is -0.287 e. The molecule has 0 unspecified atom stereocenters. The molecule has 5 heteroatoms. The molecule has 2 nitrogen and oxygen atoms in total. The molecular formula is C12H6F3NO. The first-order valence-electron chi connectivity index (χ1n) is 4.69. The summed E-state index contributed by atoms with van der Waals surface area (Å²) >= 11 is 0. The van der Waals surface area contributed by atoms with E-state index in [1.54, 1.807) is 0 Å². The van der Waals surface area contributed by atoms with Crippen LogP contribution >= 0.6 is 0 Å². The molecule has 1 aromatic carbocycles. The molecule has 0 spiro atoms. The molecule has 0 amide bonds. The number of pyridine rings is 1. The van der Waals surface area contributed by atoms with Gasteiger partial charge in [0.2, 0.25) is 5.78 Å². The van der Waals surface area contributed by atoms with E-state index in [2.05, 4.69) is 4.98 Å². The number of carbonyl (C=O) groups excluding carboxylic acids is 1. The van der Waals surface area contributed by atoms with Crippen molar-refractivity contribution in [3.8, 4) is 0 Å². The molecule has 0 bridgehead atoms. The van der Waals surface area contributed by atoms with Gasteiger partial charge in [-0.3, -0.25) is 4.79 Å². The predicted molar refractivity (Wildman–Crippen MR) is 54.0 cm³/mol. The lowest BCUT2D eigenvalue weighted by molar-refractivity contribution is 0.103. The minimum atomic E-state index is -0.971. The van der Waals surface area contributed by atoms with E-state index in [0.29, 0.717) is 6.07 Å². The zero-order valence-corrected chi connectivity index (χ0v) is 8.45. The topological polar surface area (TPSA) is 30.0 Å². The van der Waals surface area contributed by atoms with E-state index in [1.807, 2.05) is 0 Å².